The van der Waals surface area contributed by atoms with Gasteiger partial charge in [0.1, 0.15) is 0 Å². The van der Waals surface area contributed by atoms with Gasteiger partial charge in [0.15, 0.2) is 5.17 Å². The molecule has 1 atom stereocenters. The Morgan fingerprint density at radius 3 is 2.71 bits per heavy atom. The summed E-state index contributed by atoms with van der Waals surface area (Å²) in [5.74, 6) is 0.613. The number of hydrogen-bond donors (Lipinski definition) is 2. The number of nitrogens with one attached hydrogen (secondary N) is 2. The summed E-state index contributed by atoms with van der Waals surface area (Å²) in [7, 11) is 0. The number of urea groups is 1. The molecule has 9 heteroatoms. The monoisotopic (exact) mass is 475 g/mol. The minimum atomic E-state index is -0.404. The SMILES string of the molecule is CCOC(=O)C1=C(C)N=C2SCCCN2[C@@H]1c1cccc(NC(=O)Nc2ccc(C#N)cc2)c1. The van der Waals surface area contributed by atoms with Gasteiger partial charge in [-0.2, -0.15) is 5.26 Å². The van der Waals surface area contributed by atoms with Crippen molar-refractivity contribution in [3.05, 3.63) is 70.9 Å². The molecule has 1 saturated heterocycles. The molecule has 2 aliphatic rings. The predicted molar refractivity (Wildman–Crippen MR) is 134 cm³/mol. The molecule has 0 radical (unpaired) electrons. The van der Waals surface area contributed by atoms with Crippen molar-refractivity contribution < 1.29 is 14.3 Å². The van der Waals surface area contributed by atoms with Crippen LogP contribution in [0.5, 0.6) is 0 Å². The number of anilines is 2. The van der Waals surface area contributed by atoms with E-state index in [0.717, 1.165) is 29.4 Å². The van der Waals surface area contributed by atoms with Gasteiger partial charge in [0.05, 0.1) is 35.6 Å². The third kappa shape index (κ3) is 5.07. The zero-order chi connectivity index (χ0) is 24.1. The van der Waals surface area contributed by atoms with E-state index in [0.29, 0.717) is 28.2 Å². The first-order chi connectivity index (χ1) is 16.5. The number of amidine groups is 1. The van der Waals surface area contributed by atoms with Crippen LogP contribution in [-0.2, 0) is 9.53 Å². The second kappa shape index (κ2) is 10.4. The molecule has 0 spiro atoms. The largest absolute Gasteiger partial charge is 0.463 e. The molecule has 34 heavy (non-hydrogen) atoms. The highest BCUT2D eigenvalue weighted by atomic mass is 32.2. The van der Waals surface area contributed by atoms with Crippen LogP contribution >= 0.6 is 11.8 Å². The van der Waals surface area contributed by atoms with Crippen molar-refractivity contribution in [2.24, 2.45) is 4.99 Å². The number of allylic oxidation sites excluding steroid dienone is 1. The Morgan fingerprint density at radius 1 is 1.21 bits per heavy atom. The van der Waals surface area contributed by atoms with Crippen molar-refractivity contribution in [2.75, 3.05) is 29.5 Å². The maximum Gasteiger partial charge on any atom is 0.338 e. The maximum absolute atomic E-state index is 12.9. The molecule has 0 aliphatic carbocycles. The van der Waals surface area contributed by atoms with Crippen molar-refractivity contribution >= 4 is 40.3 Å². The van der Waals surface area contributed by atoms with E-state index in [-0.39, 0.29) is 18.6 Å². The number of nitrogens with zero attached hydrogens (tertiary/aromatic N) is 3. The number of amides is 2. The summed E-state index contributed by atoms with van der Waals surface area (Å²) in [6.07, 6.45) is 0.986. The Bertz CT molecular complexity index is 1200. The number of ether oxygens (including phenoxy) is 1. The maximum atomic E-state index is 12.9. The molecule has 0 unspecified atom stereocenters. The van der Waals surface area contributed by atoms with Gasteiger partial charge in [-0.1, -0.05) is 23.9 Å². The van der Waals surface area contributed by atoms with E-state index in [2.05, 4.69) is 20.5 Å². The van der Waals surface area contributed by atoms with E-state index in [1.165, 1.54) is 0 Å². The lowest BCUT2D eigenvalue weighted by atomic mass is 9.94. The summed E-state index contributed by atoms with van der Waals surface area (Å²) in [5, 5.41) is 15.4. The van der Waals surface area contributed by atoms with Crippen LogP contribution < -0.4 is 10.6 Å². The van der Waals surface area contributed by atoms with Crippen LogP contribution in [0.2, 0.25) is 0 Å². The molecule has 2 heterocycles. The normalized spacial score (nSPS) is 17.3. The molecule has 2 N–H and O–H groups in total. The fraction of sp³-hybridized carbons (Fsp3) is 0.280. The number of fused-ring (bicyclic) bond motifs is 1. The summed E-state index contributed by atoms with van der Waals surface area (Å²) in [4.78, 5) is 32.3. The number of aliphatic imine (C=N–C) groups is 1. The van der Waals surface area contributed by atoms with Crippen LogP contribution in [0.3, 0.4) is 0 Å². The topological polar surface area (TPSA) is 107 Å². The Hall–Kier alpha value is -3.77. The molecule has 2 amide bonds. The van der Waals surface area contributed by atoms with Crippen molar-refractivity contribution in [2.45, 2.75) is 26.3 Å². The highest BCUT2D eigenvalue weighted by Crippen LogP contribution is 2.40. The first kappa shape index (κ1) is 23.4. The Labute approximate surface area is 202 Å². The molecule has 2 aromatic rings. The lowest BCUT2D eigenvalue weighted by Gasteiger charge is -2.40. The molecule has 2 aromatic carbocycles. The van der Waals surface area contributed by atoms with Crippen LogP contribution in [0.1, 0.15) is 37.4 Å². The van der Waals surface area contributed by atoms with E-state index < -0.39 is 6.03 Å². The van der Waals surface area contributed by atoms with E-state index in [1.54, 1.807) is 49.0 Å². The van der Waals surface area contributed by atoms with Gasteiger partial charge in [-0.15, -0.1) is 0 Å². The van der Waals surface area contributed by atoms with Gasteiger partial charge in [0.25, 0.3) is 0 Å². The van der Waals surface area contributed by atoms with Gasteiger partial charge in [-0.3, -0.25) is 0 Å². The van der Waals surface area contributed by atoms with Gasteiger partial charge in [0, 0.05) is 23.7 Å². The van der Waals surface area contributed by atoms with E-state index >= 15 is 0 Å². The number of esters is 1. The summed E-state index contributed by atoms with van der Waals surface area (Å²) in [5.41, 5.74) is 3.74. The molecule has 0 aromatic heterocycles. The lowest BCUT2D eigenvalue weighted by molar-refractivity contribution is -0.139. The predicted octanol–water partition coefficient (Wildman–Crippen LogP) is 4.89. The lowest BCUT2D eigenvalue weighted by Crippen LogP contribution is -2.42. The zero-order valence-electron chi connectivity index (χ0n) is 19.0. The highest BCUT2D eigenvalue weighted by Gasteiger charge is 2.37. The number of carbonyl (C=O) groups excluding carboxylic acids is 2. The van der Waals surface area contributed by atoms with Crippen molar-refractivity contribution in [1.82, 2.24) is 4.90 Å². The minimum absolute atomic E-state index is 0.283. The van der Waals surface area contributed by atoms with Gasteiger partial charge < -0.3 is 20.3 Å². The average Bonchev–Trinajstić information content (AvgIpc) is 2.84. The summed E-state index contributed by atoms with van der Waals surface area (Å²) >= 11 is 1.68. The summed E-state index contributed by atoms with van der Waals surface area (Å²) in [6.45, 7) is 4.69. The zero-order valence-corrected chi connectivity index (χ0v) is 19.8. The second-order valence-corrected chi connectivity index (χ2v) is 8.87. The van der Waals surface area contributed by atoms with E-state index in [4.69, 9.17) is 10.00 Å². The Kier molecular flexibility index (Phi) is 7.18. The number of nitriles is 1. The number of thioether (sulfide) groups is 1. The minimum Gasteiger partial charge on any atom is -0.463 e. The molecule has 8 nitrogen and oxygen atoms in total. The molecule has 0 bridgehead atoms. The highest BCUT2D eigenvalue weighted by molar-refractivity contribution is 8.13. The summed E-state index contributed by atoms with van der Waals surface area (Å²) in [6, 6.07) is 15.4. The van der Waals surface area contributed by atoms with Crippen molar-refractivity contribution in [3.8, 4) is 6.07 Å². The van der Waals surface area contributed by atoms with Gasteiger partial charge in [0.2, 0.25) is 0 Å². The number of hydrogen-bond acceptors (Lipinski definition) is 7. The van der Waals surface area contributed by atoms with Gasteiger partial charge in [-0.05, 0) is 62.2 Å². The number of rotatable bonds is 5. The molecule has 174 valence electrons. The first-order valence-corrected chi connectivity index (χ1v) is 12.0. The second-order valence-electron chi connectivity index (χ2n) is 7.81. The van der Waals surface area contributed by atoms with E-state index in [1.807, 2.05) is 31.2 Å². The molecule has 4 rings (SSSR count). The first-order valence-electron chi connectivity index (χ1n) is 11.0. The van der Waals surface area contributed by atoms with Crippen LogP contribution in [0.25, 0.3) is 0 Å². The molecular weight excluding hydrogens is 450 g/mol. The molecular formula is C25H25N5O3S. The fourth-order valence-corrected chi connectivity index (χ4v) is 5.01. The summed E-state index contributed by atoms with van der Waals surface area (Å²) < 4.78 is 5.36. The van der Waals surface area contributed by atoms with Crippen molar-refractivity contribution in [1.29, 1.82) is 5.26 Å². The third-order valence-electron chi connectivity index (χ3n) is 5.49. The number of carbonyl (C=O) groups is 2. The molecule has 1 fully saturated rings. The molecule has 2 aliphatic heterocycles. The standard InChI is InChI=1S/C25H25N5O3S/c1-3-33-23(31)21-16(2)27-25-30(12-5-13-34-25)22(21)18-6-4-7-20(14-18)29-24(32)28-19-10-8-17(15-26)9-11-19/h4,6-11,14,22H,3,5,12-13H2,1-2H3,(H2,28,29,32)/t22-/m1/s1. The number of benzene rings is 2. The smallest absolute Gasteiger partial charge is 0.338 e. The quantitative estimate of drug-likeness (QED) is 0.597. The third-order valence-corrected chi connectivity index (χ3v) is 6.56. The van der Waals surface area contributed by atoms with Crippen LogP contribution in [0.4, 0.5) is 16.2 Å². The molecule has 0 saturated carbocycles. The van der Waals surface area contributed by atoms with Crippen LogP contribution in [0, 0.1) is 11.3 Å². The van der Waals surface area contributed by atoms with Crippen LogP contribution in [-0.4, -0.2) is 41.0 Å². The van der Waals surface area contributed by atoms with Crippen molar-refractivity contribution in [3.63, 3.8) is 0 Å². The fourth-order valence-electron chi connectivity index (χ4n) is 3.99. The van der Waals surface area contributed by atoms with Crippen LogP contribution in [0.15, 0.2) is 64.8 Å². The van der Waals surface area contributed by atoms with Gasteiger partial charge >= 0.3 is 12.0 Å². The van der Waals surface area contributed by atoms with E-state index in [9.17, 15) is 9.59 Å². The average molecular weight is 476 g/mol. The Morgan fingerprint density at radius 2 is 1.97 bits per heavy atom. The van der Waals surface area contributed by atoms with Gasteiger partial charge in [-0.25, -0.2) is 14.6 Å². The Balaban J connectivity index is 1.59.